The zero-order valence-electron chi connectivity index (χ0n) is 9.47. The van der Waals surface area contributed by atoms with Crippen molar-refractivity contribution in [3.05, 3.63) is 0 Å². The molecule has 0 heterocycles. The number of nitrogens with one attached hydrogen (secondary N) is 2. The molecule has 0 bridgehead atoms. The van der Waals surface area contributed by atoms with Gasteiger partial charge in [0, 0.05) is 12.6 Å². The van der Waals surface area contributed by atoms with Gasteiger partial charge in [0.15, 0.2) is 5.11 Å². The second-order valence-electron chi connectivity index (χ2n) is 4.68. The molecule has 0 aromatic rings. The maximum absolute atomic E-state index is 5.18. The molecule has 0 saturated heterocycles. The Labute approximate surface area is 92.8 Å². The summed E-state index contributed by atoms with van der Waals surface area (Å²) in [5.74, 6) is 1.69. The zero-order chi connectivity index (χ0) is 10.6. The van der Waals surface area contributed by atoms with Gasteiger partial charge in [-0.25, -0.2) is 0 Å². The molecular weight excluding hydrogens is 192 g/mol. The lowest BCUT2D eigenvalue weighted by molar-refractivity contribution is 0.414. The molecule has 1 fully saturated rings. The SMILES string of the molecule is CC(C)NC(=S)NCC1CCCC1C. The van der Waals surface area contributed by atoms with Gasteiger partial charge in [-0.05, 0) is 44.3 Å². The number of thiocarbonyl (C=S) groups is 1. The highest BCUT2D eigenvalue weighted by Crippen LogP contribution is 2.30. The Morgan fingerprint density at radius 3 is 2.64 bits per heavy atom. The molecule has 2 atom stereocenters. The molecule has 0 spiro atoms. The highest BCUT2D eigenvalue weighted by Gasteiger charge is 2.22. The van der Waals surface area contributed by atoms with E-state index >= 15 is 0 Å². The van der Waals surface area contributed by atoms with Crippen molar-refractivity contribution >= 4 is 17.3 Å². The summed E-state index contributed by atoms with van der Waals surface area (Å²) in [4.78, 5) is 0. The summed E-state index contributed by atoms with van der Waals surface area (Å²) in [7, 11) is 0. The van der Waals surface area contributed by atoms with Crippen molar-refractivity contribution in [3.8, 4) is 0 Å². The minimum atomic E-state index is 0.427. The second-order valence-corrected chi connectivity index (χ2v) is 5.09. The maximum Gasteiger partial charge on any atom is 0.166 e. The Bertz CT molecular complexity index is 192. The van der Waals surface area contributed by atoms with Crippen LogP contribution in [-0.4, -0.2) is 17.7 Å². The molecule has 0 aromatic carbocycles. The molecule has 1 aliphatic carbocycles. The number of rotatable bonds is 3. The molecular formula is C11H22N2S. The molecule has 14 heavy (non-hydrogen) atoms. The van der Waals surface area contributed by atoms with Crippen LogP contribution in [0.4, 0.5) is 0 Å². The van der Waals surface area contributed by atoms with Gasteiger partial charge in [0.1, 0.15) is 0 Å². The average molecular weight is 214 g/mol. The van der Waals surface area contributed by atoms with E-state index in [1.807, 2.05) is 0 Å². The number of hydrogen-bond acceptors (Lipinski definition) is 1. The minimum absolute atomic E-state index is 0.427. The third-order valence-corrected chi connectivity index (χ3v) is 3.25. The van der Waals surface area contributed by atoms with Crippen molar-refractivity contribution in [1.29, 1.82) is 0 Å². The van der Waals surface area contributed by atoms with E-state index in [1.54, 1.807) is 0 Å². The van der Waals surface area contributed by atoms with E-state index in [4.69, 9.17) is 12.2 Å². The lowest BCUT2D eigenvalue weighted by atomic mass is 9.98. The van der Waals surface area contributed by atoms with Gasteiger partial charge in [0.2, 0.25) is 0 Å². The minimum Gasteiger partial charge on any atom is -0.362 e. The molecule has 0 radical (unpaired) electrons. The first-order chi connectivity index (χ1) is 6.59. The van der Waals surface area contributed by atoms with Gasteiger partial charge >= 0.3 is 0 Å². The second kappa shape index (κ2) is 5.54. The summed E-state index contributed by atoms with van der Waals surface area (Å²) in [5, 5.41) is 7.31. The molecule has 1 rings (SSSR count). The molecule has 1 aliphatic rings. The zero-order valence-corrected chi connectivity index (χ0v) is 10.3. The van der Waals surface area contributed by atoms with Gasteiger partial charge in [-0.15, -0.1) is 0 Å². The third kappa shape index (κ3) is 3.82. The summed E-state index contributed by atoms with van der Waals surface area (Å²) in [5.41, 5.74) is 0. The summed E-state index contributed by atoms with van der Waals surface area (Å²) < 4.78 is 0. The summed E-state index contributed by atoms with van der Waals surface area (Å²) in [6.07, 6.45) is 4.13. The third-order valence-electron chi connectivity index (χ3n) is 2.98. The Morgan fingerprint density at radius 2 is 2.14 bits per heavy atom. The predicted octanol–water partition coefficient (Wildman–Crippen LogP) is 2.30. The van der Waals surface area contributed by atoms with Crippen molar-refractivity contribution in [3.63, 3.8) is 0 Å². The van der Waals surface area contributed by atoms with E-state index in [1.165, 1.54) is 19.3 Å². The van der Waals surface area contributed by atoms with E-state index in [0.717, 1.165) is 23.5 Å². The van der Waals surface area contributed by atoms with Gasteiger partial charge < -0.3 is 10.6 Å². The Hall–Kier alpha value is -0.310. The van der Waals surface area contributed by atoms with Gasteiger partial charge in [-0.3, -0.25) is 0 Å². The highest BCUT2D eigenvalue weighted by molar-refractivity contribution is 7.80. The molecule has 0 aromatic heterocycles. The maximum atomic E-state index is 5.18. The fourth-order valence-electron chi connectivity index (χ4n) is 2.06. The molecule has 2 N–H and O–H groups in total. The standard InChI is InChI=1S/C11H22N2S/c1-8(2)13-11(14)12-7-10-6-4-5-9(10)3/h8-10H,4-7H2,1-3H3,(H2,12,13,14). The topological polar surface area (TPSA) is 24.1 Å². The van der Waals surface area contributed by atoms with E-state index in [9.17, 15) is 0 Å². The first kappa shape index (κ1) is 11.8. The van der Waals surface area contributed by atoms with Crippen molar-refractivity contribution < 1.29 is 0 Å². The quantitative estimate of drug-likeness (QED) is 0.705. The van der Waals surface area contributed by atoms with Crippen LogP contribution >= 0.6 is 12.2 Å². The normalized spacial score (nSPS) is 26.6. The van der Waals surface area contributed by atoms with Gasteiger partial charge in [-0.2, -0.15) is 0 Å². The van der Waals surface area contributed by atoms with Crippen LogP contribution in [0.1, 0.15) is 40.0 Å². The monoisotopic (exact) mass is 214 g/mol. The van der Waals surface area contributed by atoms with Crippen molar-refractivity contribution in [2.24, 2.45) is 11.8 Å². The van der Waals surface area contributed by atoms with Crippen LogP contribution in [0.25, 0.3) is 0 Å². The van der Waals surface area contributed by atoms with Crippen molar-refractivity contribution in [2.45, 2.75) is 46.1 Å². The lowest BCUT2D eigenvalue weighted by Gasteiger charge is -2.18. The lowest BCUT2D eigenvalue weighted by Crippen LogP contribution is -2.41. The molecule has 1 saturated carbocycles. The molecule has 0 amide bonds. The molecule has 2 nitrogen and oxygen atoms in total. The van der Waals surface area contributed by atoms with E-state index < -0.39 is 0 Å². The average Bonchev–Trinajstić information content (AvgIpc) is 2.46. The molecule has 82 valence electrons. The van der Waals surface area contributed by atoms with Gasteiger partial charge in [0.25, 0.3) is 0 Å². The smallest absolute Gasteiger partial charge is 0.166 e. The van der Waals surface area contributed by atoms with E-state index in [0.29, 0.717) is 6.04 Å². The number of hydrogen-bond donors (Lipinski definition) is 2. The van der Waals surface area contributed by atoms with Crippen LogP contribution in [0.5, 0.6) is 0 Å². The summed E-state index contributed by atoms with van der Waals surface area (Å²) in [6, 6.07) is 0.427. The molecule has 2 unspecified atom stereocenters. The van der Waals surface area contributed by atoms with Crippen LogP contribution in [0.15, 0.2) is 0 Å². The Morgan fingerprint density at radius 1 is 1.43 bits per heavy atom. The van der Waals surface area contributed by atoms with Crippen LogP contribution < -0.4 is 10.6 Å². The highest BCUT2D eigenvalue weighted by atomic mass is 32.1. The fraction of sp³-hybridized carbons (Fsp3) is 0.909. The molecule has 0 aliphatic heterocycles. The first-order valence-electron chi connectivity index (χ1n) is 5.64. The predicted molar refractivity (Wildman–Crippen MR) is 65.4 cm³/mol. The van der Waals surface area contributed by atoms with Gasteiger partial charge in [0.05, 0.1) is 0 Å². The molecule has 3 heteroatoms. The largest absolute Gasteiger partial charge is 0.362 e. The summed E-state index contributed by atoms with van der Waals surface area (Å²) >= 11 is 5.18. The van der Waals surface area contributed by atoms with Crippen molar-refractivity contribution in [2.75, 3.05) is 6.54 Å². The van der Waals surface area contributed by atoms with Crippen LogP contribution in [0, 0.1) is 11.8 Å². The fourth-order valence-corrected chi connectivity index (χ4v) is 2.38. The Balaban J connectivity index is 2.16. The first-order valence-corrected chi connectivity index (χ1v) is 6.04. The van der Waals surface area contributed by atoms with Crippen LogP contribution in [0.3, 0.4) is 0 Å². The van der Waals surface area contributed by atoms with E-state index in [-0.39, 0.29) is 0 Å². The van der Waals surface area contributed by atoms with Crippen molar-refractivity contribution in [1.82, 2.24) is 10.6 Å². The van der Waals surface area contributed by atoms with Crippen LogP contribution in [0.2, 0.25) is 0 Å². The summed E-state index contributed by atoms with van der Waals surface area (Å²) in [6.45, 7) is 7.59. The van der Waals surface area contributed by atoms with Gasteiger partial charge in [-0.1, -0.05) is 19.8 Å². The Kier molecular flexibility index (Phi) is 4.66. The van der Waals surface area contributed by atoms with Crippen LogP contribution in [-0.2, 0) is 0 Å². The van der Waals surface area contributed by atoms with E-state index in [2.05, 4.69) is 31.4 Å².